The summed E-state index contributed by atoms with van der Waals surface area (Å²) < 4.78 is 0. The van der Waals surface area contributed by atoms with Crippen molar-refractivity contribution >= 4 is 5.69 Å². The maximum atomic E-state index is 5.91. The van der Waals surface area contributed by atoms with E-state index in [1.165, 1.54) is 43.4 Å². The molecule has 1 aromatic rings. The molecule has 0 saturated heterocycles. The van der Waals surface area contributed by atoms with Crippen LogP contribution in [-0.2, 0) is 6.54 Å². The van der Waals surface area contributed by atoms with Gasteiger partial charge in [0, 0.05) is 24.8 Å². The van der Waals surface area contributed by atoms with E-state index in [2.05, 4.69) is 37.8 Å². The standard InChI is InChI=1S/C17H28N2/c1-13(2)11-19(16-6-4-5-7-16)12-15-8-9-17(18)14(3)10-15/h8-10,13,16H,4-7,11-12,18H2,1-3H3. The predicted molar refractivity (Wildman–Crippen MR) is 83.1 cm³/mol. The number of benzene rings is 1. The number of rotatable bonds is 5. The summed E-state index contributed by atoms with van der Waals surface area (Å²) in [6.45, 7) is 9.01. The molecule has 1 fully saturated rings. The fourth-order valence-electron chi connectivity index (χ4n) is 3.15. The molecule has 0 heterocycles. The van der Waals surface area contributed by atoms with Crippen LogP contribution >= 0.6 is 0 Å². The Balaban J connectivity index is 2.07. The smallest absolute Gasteiger partial charge is 0.0343 e. The normalized spacial score (nSPS) is 16.7. The molecule has 0 bridgehead atoms. The van der Waals surface area contributed by atoms with Crippen LogP contribution in [0, 0.1) is 12.8 Å². The summed E-state index contributed by atoms with van der Waals surface area (Å²) in [4.78, 5) is 2.68. The van der Waals surface area contributed by atoms with Crippen molar-refractivity contribution in [2.24, 2.45) is 5.92 Å². The molecule has 0 spiro atoms. The van der Waals surface area contributed by atoms with Crippen molar-refractivity contribution in [1.82, 2.24) is 4.90 Å². The van der Waals surface area contributed by atoms with E-state index in [0.717, 1.165) is 24.2 Å². The van der Waals surface area contributed by atoms with Crippen molar-refractivity contribution in [3.8, 4) is 0 Å². The van der Waals surface area contributed by atoms with Gasteiger partial charge in [-0.2, -0.15) is 0 Å². The van der Waals surface area contributed by atoms with Crippen molar-refractivity contribution in [3.05, 3.63) is 29.3 Å². The topological polar surface area (TPSA) is 29.3 Å². The van der Waals surface area contributed by atoms with Crippen LogP contribution in [0.1, 0.15) is 50.7 Å². The first-order chi connectivity index (χ1) is 9.06. The summed E-state index contributed by atoms with van der Waals surface area (Å²) in [6, 6.07) is 7.27. The average molecular weight is 260 g/mol. The van der Waals surface area contributed by atoms with Gasteiger partial charge >= 0.3 is 0 Å². The number of nitrogen functional groups attached to an aromatic ring is 1. The molecule has 0 amide bonds. The van der Waals surface area contributed by atoms with Crippen LogP contribution in [0.15, 0.2) is 18.2 Å². The minimum Gasteiger partial charge on any atom is -0.399 e. The van der Waals surface area contributed by atoms with Gasteiger partial charge in [0.15, 0.2) is 0 Å². The molecule has 0 unspecified atom stereocenters. The van der Waals surface area contributed by atoms with Crippen LogP contribution in [0.3, 0.4) is 0 Å². The third kappa shape index (κ3) is 3.97. The first-order valence-corrected chi connectivity index (χ1v) is 7.65. The summed E-state index contributed by atoms with van der Waals surface area (Å²) in [5.74, 6) is 0.732. The summed E-state index contributed by atoms with van der Waals surface area (Å²) in [7, 11) is 0. The molecular formula is C17H28N2. The zero-order valence-corrected chi connectivity index (χ0v) is 12.7. The number of anilines is 1. The predicted octanol–water partition coefficient (Wildman–Crippen LogP) is 3.98. The van der Waals surface area contributed by atoms with Gasteiger partial charge in [0.2, 0.25) is 0 Å². The van der Waals surface area contributed by atoms with Crippen LogP contribution in [0.25, 0.3) is 0 Å². The SMILES string of the molecule is Cc1cc(CN(CC(C)C)C2CCCC2)ccc1N. The van der Waals surface area contributed by atoms with Gasteiger partial charge in [-0.3, -0.25) is 4.90 Å². The number of hydrogen-bond donors (Lipinski definition) is 1. The van der Waals surface area contributed by atoms with Crippen LogP contribution in [0.5, 0.6) is 0 Å². The second-order valence-corrected chi connectivity index (χ2v) is 6.45. The molecule has 1 aliphatic rings. The van der Waals surface area contributed by atoms with Crippen LogP contribution in [0.4, 0.5) is 5.69 Å². The molecule has 2 rings (SSSR count). The highest BCUT2D eigenvalue weighted by molar-refractivity contribution is 5.47. The first kappa shape index (κ1) is 14.4. The van der Waals surface area contributed by atoms with Crippen LogP contribution in [0.2, 0.25) is 0 Å². The van der Waals surface area contributed by atoms with E-state index >= 15 is 0 Å². The molecule has 1 saturated carbocycles. The number of nitrogens with zero attached hydrogens (tertiary/aromatic N) is 1. The van der Waals surface area contributed by atoms with E-state index in [9.17, 15) is 0 Å². The van der Waals surface area contributed by atoms with E-state index in [0.29, 0.717) is 0 Å². The van der Waals surface area contributed by atoms with Gasteiger partial charge in [0.05, 0.1) is 0 Å². The Morgan fingerprint density at radius 2 is 1.95 bits per heavy atom. The fraction of sp³-hybridized carbons (Fsp3) is 0.647. The van der Waals surface area contributed by atoms with Crippen molar-refractivity contribution in [1.29, 1.82) is 0 Å². The maximum absolute atomic E-state index is 5.91. The third-order valence-corrected chi connectivity index (χ3v) is 4.16. The quantitative estimate of drug-likeness (QED) is 0.811. The molecule has 0 aromatic heterocycles. The molecule has 0 atom stereocenters. The zero-order valence-electron chi connectivity index (χ0n) is 12.7. The number of aryl methyl sites for hydroxylation is 1. The third-order valence-electron chi connectivity index (χ3n) is 4.16. The monoisotopic (exact) mass is 260 g/mol. The second-order valence-electron chi connectivity index (χ2n) is 6.45. The van der Waals surface area contributed by atoms with Gasteiger partial charge < -0.3 is 5.73 Å². The average Bonchev–Trinajstić information content (AvgIpc) is 2.86. The Kier molecular flexibility index (Phi) is 4.87. The van der Waals surface area contributed by atoms with Gasteiger partial charge in [-0.1, -0.05) is 38.8 Å². The van der Waals surface area contributed by atoms with E-state index in [4.69, 9.17) is 5.73 Å². The highest BCUT2D eigenvalue weighted by Gasteiger charge is 2.23. The van der Waals surface area contributed by atoms with Crippen molar-refractivity contribution < 1.29 is 0 Å². The maximum Gasteiger partial charge on any atom is 0.0343 e. The van der Waals surface area contributed by atoms with E-state index < -0.39 is 0 Å². The van der Waals surface area contributed by atoms with Crippen LogP contribution < -0.4 is 5.73 Å². The van der Waals surface area contributed by atoms with Gasteiger partial charge in [-0.25, -0.2) is 0 Å². The lowest BCUT2D eigenvalue weighted by Gasteiger charge is -2.30. The zero-order chi connectivity index (χ0) is 13.8. The number of hydrogen-bond acceptors (Lipinski definition) is 2. The minimum absolute atomic E-state index is 0.732. The molecule has 0 radical (unpaired) electrons. The van der Waals surface area contributed by atoms with Gasteiger partial charge in [0.1, 0.15) is 0 Å². The van der Waals surface area contributed by atoms with Gasteiger partial charge in [-0.05, 0) is 42.9 Å². The van der Waals surface area contributed by atoms with Crippen molar-refractivity contribution in [2.45, 2.75) is 59.0 Å². The van der Waals surface area contributed by atoms with Crippen LogP contribution in [-0.4, -0.2) is 17.5 Å². The van der Waals surface area contributed by atoms with Gasteiger partial charge in [0.25, 0.3) is 0 Å². The first-order valence-electron chi connectivity index (χ1n) is 7.65. The molecule has 1 aliphatic carbocycles. The largest absolute Gasteiger partial charge is 0.399 e. The lowest BCUT2D eigenvalue weighted by molar-refractivity contribution is 0.168. The van der Waals surface area contributed by atoms with E-state index in [-0.39, 0.29) is 0 Å². The lowest BCUT2D eigenvalue weighted by Crippen LogP contribution is -2.35. The Labute approximate surface area is 118 Å². The summed E-state index contributed by atoms with van der Waals surface area (Å²) in [5, 5.41) is 0. The summed E-state index contributed by atoms with van der Waals surface area (Å²) >= 11 is 0. The molecule has 0 aliphatic heterocycles. The molecule has 2 N–H and O–H groups in total. The van der Waals surface area contributed by atoms with Crippen molar-refractivity contribution in [3.63, 3.8) is 0 Å². The van der Waals surface area contributed by atoms with E-state index in [1.54, 1.807) is 0 Å². The summed E-state index contributed by atoms with van der Waals surface area (Å²) in [6.07, 6.45) is 5.56. The Morgan fingerprint density at radius 1 is 1.26 bits per heavy atom. The Morgan fingerprint density at radius 3 is 2.53 bits per heavy atom. The Bertz CT molecular complexity index is 406. The molecular weight excluding hydrogens is 232 g/mol. The molecule has 106 valence electrons. The van der Waals surface area contributed by atoms with Crippen molar-refractivity contribution in [2.75, 3.05) is 12.3 Å². The molecule has 2 heteroatoms. The molecule has 2 nitrogen and oxygen atoms in total. The highest BCUT2D eigenvalue weighted by Crippen LogP contribution is 2.26. The minimum atomic E-state index is 0.732. The summed E-state index contributed by atoms with van der Waals surface area (Å²) in [5.41, 5.74) is 9.42. The van der Waals surface area contributed by atoms with Gasteiger partial charge in [-0.15, -0.1) is 0 Å². The number of nitrogens with two attached hydrogens (primary N) is 1. The lowest BCUT2D eigenvalue weighted by atomic mass is 10.1. The highest BCUT2D eigenvalue weighted by atomic mass is 15.2. The molecule has 1 aromatic carbocycles. The fourth-order valence-corrected chi connectivity index (χ4v) is 3.15. The Hall–Kier alpha value is -1.02. The second kappa shape index (κ2) is 6.42. The molecule has 19 heavy (non-hydrogen) atoms. The van der Waals surface area contributed by atoms with E-state index in [1.807, 2.05) is 6.07 Å².